The van der Waals surface area contributed by atoms with Crippen molar-refractivity contribution in [3.63, 3.8) is 0 Å². The van der Waals surface area contributed by atoms with Gasteiger partial charge in [0.25, 0.3) is 0 Å². The molecule has 0 spiro atoms. The van der Waals surface area contributed by atoms with E-state index >= 15 is 0 Å². The van der Waals surface area contributed by atoms with Crippen molar-refractivity contribution in [3.05, 3.63) is 221 Å². The van der Waals surface area contributed by atoms with Gasteiger partial charge in [-0.1, -0.05) is 313 Å². The molecule has 0 amide bonds. The van der Waals surface area contributed by atoms with Crippen LogP contribution in [0.15, 0.2) is 203 Å². The monoisotopic (exact) mass is 1510 g/mol. The van der Waals surface area contributed by atoms with Crippen LogP contribution in [0, 0.1) is 0 Å². The van der Waals surface area contributed by atoms with Crippen LogP contribution < -0.4 is 15.8 Å². The van der Waals surface area contributed by atoms with Gasteiger partial charge >= 0.3 is 31.9 Å². The molecule has 0 bridgehead atoms. The van der Waals surface area contributed by atoms with Gasteiger partial charge in [-0.25, -0.2) is 0 Å². The third-order valence-electron chi connectivity index (χ3n) is 20.4. The van der Waals surface area contributed by atoms with E-state index in [-0.39, 0.29) is 18.3 Å². The Hall–Kier alpha value is -6.25. The average molecular weight is 1520 g/mol. The van der Waals surface area contributed by atoms with Gasteiger partial charge in [0.2, 0.25) is 0 Å². The molecule has 1 radical (unpaired) electrons. The van der Waals surface area contributed by atoms with Gasteiger partial charge in [-0.05, 0) is 228 Å². The molecule has 1 fully saturated rings. The standard InChI is InChI=1S/C25H29BO2Si.C21H22Si.C20H18.C18H13Br.2CH3Br.BHNS/c1-24(2)25(3,4)28-26(27-24)19-14-17-9-8-16-11-13-21(29(5,6)7)20-12-10-18(15-19)22(17)23(16)20;1-5-14-12-16-7-6-15-9-11-19(22(2,3)4)18-10-8-17(13-14)20(16)21(15)18;1-3-13-11-16-8-7-15-6-5-14(4-2)18-10-9-17(12-13)19(16)20(15)18;1-2-11-9-13-4-3-12-6-8-16(19)15-7-5-14(10-11)17(13)18(12)15;2*1-2;1-2-3/h8-15H,1-7H3;6-13H,5H2,1-4H3;5-12H,3-4H2,1-2H3;3-10H,2H2,1H3;2*1H3;3H. The number of thiol groups is 1. The molecule has 0 N–H and O–H groups in total. The summed E-state index contributed by atoms with van der Waals surface area (Å²) in [5.74, 6) is 3.62. The zero-order valence-corrected chi connectivity index (χ0v) is 67.0. The summed E-state index contributed by atoms with van der Waals surface area (Å²) in [4.78, 5) is 0. The maximum atomic E-state index is 6.32. The molecular weight excluding hydrogens is 1430 g/mol. The fourth-order valence-electron chi connectivity index (χ4n) is 14.9. The molecule has 0 saturated carbocycles. The third kappa shape index (κ3) is 13.7. The quantitative estimate of drug-likeness (QED) is 0.0746. The summed E-state index contributed by atoms with van der Waals surface area (Å²) in [5.41, 5.74) is 6.14. The number of benzene rings is 16. The Morgan fingerprint density at radius 1 is 0.361 bits per heavy atom. The summed E-state index contributed by atoms with van der Waals surface area (Å²) >= 11 is 12.7. The van der Waals surface area contributed by atoms with Crippen molar-refractivity contribution in [2.24, 2.45) is 4.30 Å². The van der Waals surface area contributed by atoms with Crippen LogP contribution in [0.5, 0.6) is 0 Å². The van der Waals surface area contributed by atoms with Crippen molar-refractivity contribution in [1.29, 1.82) is 0 Å². The molecule has 1 heterocycles. The first-order valence-corrected chi connectivity index (χ1v) is 45.5. The number of aryl methyl sites for hydroxylation is 4. The molecule has 97 heavy (non-hydrogen) atoms. The zero-order valence-electron chi connectivity index (χ0n) is 59.3. The van der Waals surface area contributed by atoms with Crippen molar-refractivity contribution >= 4 is 237 Å². The van der Waals surface area contributed by atoms with E-state index in [9.17, 15) is 0 Å². The van der Waals surface area contributed by atoms with Crippen LogP contribution in [0.2, 0.25) is 39.3 Å². The summed E-state index contributed by atoms with van der Waals surface area (Å²) in [6.45, 7) is 31.9. The van der Waals surface area contributed by atoms with E-state index in [1.54, 1.807) is 5.19 Å². The van der Waals surface area contributed by atoms with Gasteiger partial charge in [0.1, 0.15) is 0 Å². The molecule has 3 nitrogen and oxygen atoms in total. The molecule has 491 valence electrons. The zero-order chi connectivity index (χ0) is 69.6. The van der Waals surface area contributed by atoms with Gasteiger partial charge < -0.3 is 9.31 Å². The Bertz CT molecular complexity index is 5420. The Labute approximate surface area is 609 Å². The Morgan fingerprint density at radius 3 is 0.948 bits per heavy atom. The molecule has 1 aliphatic heterocycles. The van der Waals surface area contributed by atoms with E-state index < -0.39 is 16.1 Å². The second-order valence-electron chi connectivity index (χ2n) is 28.8. The Balaban J connectivity index is 0.000000129. The Morgan fingerprint density at radius 2 is 0.619 bits per heavy atom. The molecule has 17 rings (SSSR count). The molecule has 0 atom stereocenters. The third-order valence-corrected chi connectivity index (χ3v) is 25.2. The van der Waals surface area contributed by atoms with E-state index in [1.165, 1.54) is 161 Å². The predicted octanol–water partition coefficient (Wildman–Crippen LogP) is 24.9. The van der Waals surface area contributed by atoms with Crippen LogP contribution in [0.4, 0.5) is 0 Å². The molecule has 0 unspecified atom stereocenters. The molecule has 11 heteroatoms. The van der Waals surface area contributed by atoms with Gasteiger partial charge in [0.05, 0.1) is 27.3 Å². The first kappa shape index (κ1) is 72.0. The second kappa shape index (κ2) is 29.1. The van der Waals surface area contributed by atoms with E-state index in [0.29, 0.717) is 0 Å². The van der Waals surface area contributed by atoms with E-state index in [1.807, 2.05) is 11.7 Å². The summed E-state index contributed by atoms with van der Waals surface area (Å²) in [5, 5.41) is 36.2. The number of nitrogens with zero attached hydrogens (tertiary/aromatic N) is 1. The number of alkyl halides is 2. The molecular formula is C86H89B2Br3NO2SSi2. The van der Waals surface area contributed by atoms with Gasteiger partial charge in [-0.2, -0.15) is 0 Å². The topological polar surface area (TPSA) is 30.8 Å². The van der Waals surface area contributed by atoms with E-state index in [0.717, 1.165) is 31.1 Å². The van der Waals surface area contributed by atoms with E-state index in [4.69, 9.17) is 9.31 Å². The number of rotatable bonds is 7. The van der Waals surface area contributed by atoms with Gasteiger partial charge in [0, 0.05) is 4.47 Å². The van der Waals surface area contributed by atoms with Crippen LogP contribution in [-0.2, 0) is 35.0 Å². The van der Waals surface area contributed by atoms with Crippen LogP contribution >= 0.6 is 60.6 Å². The van der Waals surface area contributed by atoms with Crippen molar-refractivity contribution in [2.45, 2.75) is 132 Å². The maximum absolute atomic E-state index is 6.32. The normalized spacial score (nSPS) is 13.6. The minimum absolute atomic E-state index is 0.331. The number of halogens is 3. The fourth-order valence-corrected chi connectivity index (χ4v) is 18.5. The summed E-state index contributed by atoms with van der Waals surface area (Å²) in [7, 11) is 1.23. The summed E-state index contributed by atoms with van der Waals surface area (Å²) < 4.78 is 16.5. The van der Waals surface area contributed by atoms with Crippen LogP contribution in [0.25, 0.3) is 129 Å². The summed E-state index contributed by atoms with van der Waals surface area (Å²) in [6.07, 6.45) is 4.36. The van der Waals surface area contributed by atoms with Crippen LogP contribution in [0.3, 0.4) is 0 Å². The minimum atomic E-state index is -1.43. The molecule has 0 aliphatic carbocycles. The fraction of sp³-hybridized carbons (Fsp3) is 0.256. The predicted molar refractivity (Wildman–Crippen MR) is 454 cm³/mol. The van der Waals surface area contributed by atoms with E-state index in [2.05, 4.69) is 361 Å². The Kier molecular flexibility index (Phi) is 21.6. The molecule has 0 aromatic heterocycles. The van der Waals surface area contributed by atoms with Crippen molar-refractivity contribution in [2.75, 3.05) is 11.7 Å². The van der Waals surface area contributed by atoms with Crippen LogP contribution in [-0.4, -0.2) is 53.8 Å². The van der Waals surface area contributed by atoms with Crippen molar-refractivity contribution < 1.29 is 9.31 Å². The van der Waals surface area contributed by atoms with Gasteiger partial charge in [-0.15, -0.1) is 0 Å². The molecule has 1 aliphatic rings. The van der Waals surface area contributed by atoms with Crippen molar-refractivity contribution in [3.8, 4) is 0 Å². The molecule has 16 aromatic carbocycles. The van der Waals surface area contributed by atoms with Gasteiger partial charge in [0.15, 0.2) is 0 Å². The molecule has 16 aromatic rings. The van der Waals surface area contributed by atoms with Crippen molar-refractivity contribution in [1.82, 2.24) is 0 Å². The first-order chi connectivity index (χ1) is 46.5. The first-order valence-electron chi connectivity index (χ1n) is 34.1. The van der Waals surface area contributed by atoms with Gasteiger partial charge in [-0.3, -0.25) is 0 Å². The second-order valence-corrected chi connectivity index (χ2v) is 40.0. The van der Waals surface area contributed by atoms with Crippen LogP contribution in [0.1, 0.15) is 77.6 Å². The SMILES string of the molecule is CBr.CBr.CC1(C)OB(c2cc3ccc4ccc([Si](C)(C)C)c5ccc(c2)c3c45)OC1(C)C.CCc1cc2ccc3ccc(Br)c4ccc(c1)c2c34.CCc1cc2ccc3ccc(CC)c4ccc(c1)c2c34.CCc1cc2ccc3ccc([Si](C)(C)C)c4ccc(c1)c2c34.[B]=NS. The molecule has 1 saturated heterocycles. The average Bonchev–Trinajstić information content (AvgIpc) is 1.01. The number of hydrogen-bond donors (Lipinski definition) is 1. The number of hydrogen-bond acceptors (Lipinski definition) is 4. The summed E-state index contributed by atoms with van der Waals surface area (Å²) in [6, 6.07) is 73.3.